The molecule has 1 aliphatic heterocycles. The Balaban J connectivity index is 2.29. The summed E-state index contributed by atoms with van der Waals surface area (Å²) < 4.78 is 0. The Morgan fingerprint density at radius 1 is 1.73 bits per heavy atom. The Bertz CT molecular complexity index is 151. The molecular formula is C7H13ClN2O. The SMILES string of the molecule is NCCCN1CC(Cl)CC1=O. The standard InChI is InChI=1S/C7H13ClN2O/c8-6-4-7(11)10(5-6)3-1-2-9/h6H,1-5,9H2. The Morgan fingerprint density at radius 2 is 2.45 bits per heavy atom. The van der Waals surface area contributed by atoms with E-state index in [4.69, 9.17) is 17.3 Å². The third-order valence-corrected chi connectivity index (χ3v) is 2.09. The molecule has 0 bridgehead atoms. The number of hydrogen-bond acceptors (Lipinski definition) is 2. The third kappa shape index (κ3) is 2.34. The highest BCUT2D eigenvalue weighted by Gasteiger charge is 2.26. The van der Waals surface area contributed by atoms with E-state index >= 15 is 0 Å². The second-order valence-corrected chi connectivity index (χ2v) is 3.40. The van der Waals surface area contributed by atoms with E-state index in [2.05, 4.69) is 0 Å². The van der Waals surface area contributed by atoms with Gasteiger partial charge in [-0.15, -0.1) is 11.6 Å². The summed E-state index contributed by atoms with van der Waals surface area (Å²) in [6.45, 7) is 2.09. The van der Waals surface area contributed by atoms with Crippen molar-refractivity contribution in [2.75, 3.05) is 19.6 Å². The van der Waals surface area contributed by atoms with Gasteiger partial charge in [-0.3, -0.25) is 4.79 Å². The number of carbonyl (C=O) groups is 1. The van der Waals surface area contributed by atoms with Gasteiger partial charge in [0, 0.05) is 19.5 Å². The first kappa shape index (κ1) is 8.81. The molecule has 1 aliphatic rings. The lowest BCUT2D eigenvalue weighted by atomic mass is 10.4. The minimum atomic E-state index is 0.0141. The van der Waals surface area contributed by atoms with Crippen molar-refractivity contribution in [1.29, 1.82) is 0 Å². The largest absolute Gasteiger partial charge is 0.341 e. The molecule has 4 heteroatoms. The molecule has 1 unspecified atom stereocenters. The van der Waals surface area contributed by atoms with Gasteiger partial charge >= 0.3 is 0 Å². The lowest BCUT2D eigenvalue weighted by Gasteiger charge is -2.14. The zero-order valence-electron chi connectivity index (χ0n) is 6.42. The van der Waals surface area contributed by atoms with Gasteiger partial charge in [0.2, 0.25) is 5.91 Å². The first-order chi connectivity index (χ1) is 5.24. The van der Waals surface area contributed by atoms with Gasteiger partial charge in [-0.25, -0.2) is 0 Å². The number of halogens is 1. The molecule has 0 aromatic rings. The smallest absolute Gasteiger partial charge is 0.224 e. The highest BCUT2D eigenvalue weighted by Crippen LogP contribution is 2.15. The van der Waals surface area contributed by atoms with E-state index in [-0.39, 0.29) is 11.3 Å². The van der Waals surface area contributed by atoms with Crippen LogP contribution in [0.15, 0.2) is 0 Å². The van der Waals surface area contributed by atoms with Crippen molar-refractivity contribution in [3.8, 4) is 0 Å². The fourth-order valence-corrected chi connectivity index (χ4v) is 1.52. The van der Waals surface area contributed by atoms with Gasteiger partial charge in [0.25, 0.3) is 0 Å². The molecule has 0 radical (unpaired) electrons. The van der Waals surface area contributed by atoms with Crippen LogP contribution in [0.5, 0.6) is 0 Å². The predicted octanol–water partition coefficient (Wildman–Crippen LogP) is 0.175. The molecule has 0 spiro atoms. The molecule has 1 heterocycles. The van der Waals surface area contributed by atoms with Crippen LogP contribution in [-0.2, 0) is 4.79 Å². The molecule has 1 rings (SSSR count). The number of likely N-dealkylation sites (tertiary alicyclic amines) is 1. The van der Waals surface area contributed by atoms with E-state index in [9.17, 15) is 4.79 Å². The van der Waals surface area contributed by atoms with Crippen molar-refractivity contribution in [1.82, 2.24) is 4.90 Å². The molecule has 1 atom stereocenters. The Hall–Kier alpha value is -0.280. The monoisotopic (exact) mass is 176 g/mol. The van der Waals surface area contributed by atoms with Gasteiger partial charge in [-0.2, -0.15) is 0 Å². The van der Waals surface area contributed by atoms with Crippen molar-refractivity contribution in [3.05, 3.63) is 0 Å². The van der Waals surface area contributed by atoms with Crippen LogP contribution in [0.25, 0.3) is 0 Å². The maximum Gasteiger partial charge on any atom is 0.224 e. The molecular weight excluding hydrogens is 164 g/mol. The normalized spacial score (nSPS) is 24.7. The fraction of sp³-hybridized carbons (Fsp3) is 0.857. The maximum absolute atomic E-state index is 11.1. The van der Waals surface area contributed by atoms with E-state index in [0.29, 0.717) is 19.5 Å². The van der Waals surface area contributed by atoms with Crippen LogP contribution in [0.4, 0.5) is 0 Å². The minimum Gasteiger partial charge on any atom is -0.341 e. The van der Waals surface area contributed by atoms with E-state index in [1.165, 1.54) is 0 Å². The molecule has 0 aliphatic carbocycles. The zero-order valence-corrected chi connectivity index (χ0v) is 7.18. The Labute approximate surface area is 71.5 Å². The molecule has 1 fully saturated rings. The van der Waals surface area contributed by atoms with E-state index in [1.807, 2.05) is 0 Å². The van der Waals surface area contributed by atoms with Crippen molar-refractivity contribution in [2.24, 2.45) is 5.73 Å². The number of nitrogens with zero attached hydrogens (tertiary/aromatic N) is 1. The zero-order chi connectivity index (χ0) is 8.27. The van der Waals surface area contributed by atoms with Crippen LogP contribution in [0.3, 0.4) is 0 Å². The Kier molecular flexibility index (Phi) is 3.15. The molecule has 64 valence electrons. The number of amides is 1. The van der Waals surface area contributed by atoms with Gasteiger partial charge in [0.1, 0.15) is 0 Å². The molecule has 1 saturated heterocycles. The molecule has 0 aromatic heterocycles. The highest BCUT2D eigenvalue weighted by atomic mass is 35.5. The van der Waals surface area contributed by atoms with Gasteiger partial charge < -0.3 is 10.6 Å². The number of rotatable bonds is 3. The second-order valence-electron chi connectivity index (χ2n) is 2.78. The molecule has 0 saturated carbocycles. The van der Waals surface area contributed by atoms with E-state index in [0.717, 1.165) is 13.0 Å². The lowest BCUT2D eigenvalue weighted by Crippen LogP contribution is -2.27. The van der Waals surface area contributed by atoms with Gasteiger partial charge in [0.05, 0.1) is 5.38 Å². The highest BCUT2D eigenvalue weighted by molar-refractivity contribution is 6.22. The topological polar surface area (TPSA) is 46.3 Å². The van der Waals surface area contributed by atoms with Gasteiger partial charge in [-0.1, -0.05) is 0 Å². The second kappa shape index (κ2) is 3.93. The first-order valence-corrected chi connectivity index (χ1v) is 4.29. The van der Waals surface area contributed by atoms with Gasteiger partial charge in [-0.05, 0) is 13.0 Å². The van der Waals surface area contributed by atoms with Crippen LogP contribution < -0.4 is 5.73 Å². The number of nitrogens with two attached hydrogens (primary N) is 1. The van der Waals surface area contributed by atoms with Crippen LogP contribution >= 0.6 is 11.6 Å². The summed E-state index contributed by atoms with van der Waals surface area (Å²) in [6.07, 6.45) is 1.36. The maximum atomic E-state index is 11.1. The van der Waals surface area contributed by atoms with Crippen LogP contribution in [0.2, 0.25) is 0 Å². The van der Waals surface area contributed by atoms with Crippen molar-refractivity contribution >= 4 is 17.5 Å². The van der Waals surface area contributed by atoms with Gasteiger partial charge in [0.15, 0.2) is 0 Å². The number of carbonyl (C=O) groups excluding carboxylic acids is 1. The van der Waals surface area contributed by atoms with Crippen molar-refractivity contribution in [2.45, 2.75) is 18.2 Å². The first-order valence-electron chi connectivity index (χ1n) is 3.86. The quantitative estimate of drug-likeness (QED) is 0.624. The molecule has 11 heavy (non-hydrogen) atoms. The summed E-state index contributed by atoms with van der Waals surface area (Å²) in [7, 11) is 0. The van der Waals surface area contributed by atoms with E-state index in [1.54, 1.807) is 4.90 Å². The Morgan fingerprint density at radius 3 is 2.91 bits per heavy atom. The third-order valence-electron chi connectivity index (χ3n) is 1.80. The molecule has 0 aromatic carbocycles. The average molecular weight is 177 g/mol. The van der Waals surface area contributed by atoms with Crippen LogP contribution in [0, 0.1) is 0 Å². The number of alkyl halides is 1. The summed E-state index contributed by atoms with van der Waals surface area (Å²) >= 11 is 5.79. The lowest BCUT2D eigenvalue weighted by molar-refractivity contribution is -0.127. The fourth-order valence-electron chi connectivity index (χ4n) is 1.22. The summed E-state index contributed by atoms with van der Waals surface area (Å²) in [4.78, 5) is 12.9. The number of hydrogen-bond donors (Lipinski definition) is 1. The summed E-state index contributed by atoms with van der Waals surface area (Å²) in [5, 5.41) is 0.0141. The van der Waals surface area contributed by atoms with E-state index < -0.39 is 0 Å². The molecule has 2 N–H and O–H groups in total. The summed E-state index contributed by atoms with van der Waals surface area (Å²) in [6, 6.07) is 0. The summed E-state index contributed by atoms with van der Waals surface area (Å²) in [5.74, 6) is 0.165. The summed E-state index contributed by atoms with van der Waals surface area (Å²) in [5.41, 5.74) is 5.32. The molecule has 3 nitrogen and oxygen atoms in total. The van der Waals surface area contributed by atoms with Crippen molar-refractivity contribution < 1.29 is 4.79 Å². The average Bonchev–Trinajstić information content (AvgIpc) is 2.26. The van der Waals surface area contributed by atoms with Crippen LogP contribution in [-0.4, -0.2) is 35.8 Å². The van der Waals surface area contributed by atoms with Crippen LogP contribution in [0.1, 0.15) is 12.8 Å². The predicted molar refractivity (Wildman–Crippen MR) is 44.5 cm³/mol. The molecule has 1 amide bonds. The van der Waals surface area contributed by atoms with Crippen molar-refractivity contribution in [3.63, 3.8) is 0 Å². The minimum absolute atomic E-state index is 0.0141.